The predicted molar refractivity (Wildman–Crippen MR) is 75.7 cm³/mol. The predicted octanol–water partition coefficient (Wildman–Crippen LogP) is 3.00. The molecule has 2 aromatic carbocycles. The molecule has 3 aromatic rings. The second-order valence-electron chi connectivity index (χ2n) is 4.29. The number of benzene rings is 2. The number of carbonyl (C=O) groups excluding carboxylic acids is 1. The number of fused-ring (bicyclic) bond motifs is 1. The van der Waals surface area contributed by atoms with Crippen molar-refractivity contribution in [3.8, 4) is 11.1 Å². The van der Waals surface area contributed by atoms with Crippen LogP contribution in [0.4, 0.5) is 0 Å². The van der Waals surface area contributed by atoms with Gasteiger partial charge < -0.3 is 5.73 Å². The van der Waals surface area contributed by atoms with E-state index in [1.54, 1.807) is 6.20 Å². The maximum absolute atomic E-state index is 11.6. The Morgan fingerprint density at radius 2 is 1.63 bits per heavy atom. The molecule has 1 amide bonds. The fourth-order valence-corrected chi connectivity index (χ4v) is 2.24. The number of hydrogen-bond donors (Lipinski definition) is 1. The molecule has 1 aromatic heterocycles. The third kappa shape index (κ3) is 1.95. The molecule has 0 spiro atoms. The number of primary amides is 1. The lowest BCUT2D eigenvalue weighted by Gasteiger charge is -2.10. The summed E-state index contributed by atoms with van der Waals surface area (Å²) in [7, 11) is 0. The van der Waals surface area contributed by atoms with E-state index in [2.05, 4.69) is 4.98 Å². The summed E-state index contributed by atoms with van der Waals surface area (Å²) >= 11 is 0. The number of nitrogens with two attached hydrogens (primary N) is 1. The van der Waals surface area contributed by atoms with Gasteiger partial charge in [-0.15, -0.1) is 0 Å². The second kappa shape index (κ2) is 4.53. The highest BCUT2D eigenvalue weighted by Crippen LogP contribution is 2.30. The molecule has 0 aliphatic heterocycles. The zero-order valence-corrected chi connectivity index (χ0v) is 10.2. The topological polar surface area (TPSA) is 56.0 Å². The molecule has 0 fully saturated rings. The lowest BCUT2D eigenvalue weighted by Crippen LogP contribution is -2.13. The molecule has 0 saturated heterocycles. The molecule has 0 radical (unpaired) electrons. The summed E-state index contributed by atoms with van der Waals surface area (Å²) in [5, 5.41) is 0.935. The van der Waals surface area contributed by atoms with Gasteiger partial charge in [-0.1, -0.05) is 48.5 Å². The van der Waals surface area contributed by atoms with Crippen molar-refractivity contribution in [2.45, 2.75) is 0 Å². The number of hydrogen-bond acceptors (Lipinski definition) is 2. The van der Waals surface area contributed by atoms with Crippen LogP contribution in [-0.2, 0) is 0 Å². The first-order chi connectivity index (χ1) is 9.27. The van der Waals surface area contributed by atoms with Crippen LogP contribution >= 0.6 is 0 Å². The molecule has 1 heterocycles. The van der Waals surface area contributed by atoms with Gasteiger partial charge in [0.05, 0.1) is 11.1 Å². The van der Waals surface area contributed by atoms with Crippen LogP contribution in [-0.4, -0.2) is 10.9 Å². The Morgan fingerprint density at radius 1 is 0.947 bits per heavy atom. The standard InChI is InChI=1S/C16H12N2O/c17-16(19)13-10-18-14-9-5-4-8-12(14)15(13)11-6-2-1-3-7-11/h1-10H,(H2,17,19). The van der Waals surface area contributed by atoms with Gasteiger partial charge in [0.1, 0.15) is 0 Å². The fraction of sp³-hybridized carbons (Fsp3) is 0. The molecule has 92 valence electrons. The molecule has 0 unspecified atom stereocenters. The summed E-state index contributed by atoms with van der Waals surface area (Å²) in [6.07, 6.45) is 1.55. The van der Waals surface area contributed by atoms with E-state index in [1.165, 1.54) is 0 Å². The second-order valence-corrected chi connectivity index (χ2v) is 4.29. The van der Waals surface area contributed by atoms with Gasteiger partial charge in [-0.3, -0.25) is 9.78 Å². The molecule has 3 heteroatoms. The summed E-state index contributed by atoms with van der Waals surface area (Å²) < 4.78 is 0. The van der Waals surface area contributed by atoms with E-state index >= 15 is 0 Å². The molecule has 19 heavy (non-hydrogen) atoms. The Hall–Kier alpha value is -2.68. The van der Waals surface area contributed by atoms with Crippen molar-refractivity contribution in [3.05, 3.63) is 66.4 Å². The first-order valence-corrected chi connectivity index (χ1v) is 6.00. The van der Waals surface area contributed by atoms with Gasteiger partial charge in [-0.05, 0) is 11.6 Å². The molecular formula is C16H12N2O. The average Bonchev–Trinajstić information content (AvgIpc) is 2.46. The Kier molecular flexibility index (Phi) is 2.72. The van der Waals surface area contributed by atoms with Crippen LogP contribution in [0, 0.1) is 0 Å². The number of para-hydroxylation sites is 1. The SMILES string of the molecule is NC(=O)c1cnc2ccccc2c1-c1ccccc1. The Labute approximate surface area is 110 Å². The van der Waals surface area contributed by atoms with Crippen molar-refractivity contribution in [2.75, 3.05) is 0 Å². The van der Waals surface area contributed by atoms with Gasteiger partial charge in [-0.2, -0.15) is 0 Å². The average molecular weight is 248 g/mol. The van der Waals surface area contributed by atoms with Crippen molar-refractivity contribution >= 4 is 16.8 Å². The highest BCUT2D eigenvalue weighted by Gasteiger charge is 2.14. The van der Waals surface area contributed by atoms with Crippen molar-refractivity contribution in [3.63, 3.8) is 0 Å². The van der Waals surface area contributed by atoms with E-state index in [1.807, 2.05) is 54.6 Å². The maximum atomic E-state index is 11.6. The number of pyridine rings is 1. The maximum Gasteiger partial charge on any atom is 0.250 e. The zero-order valence-electron chi connectivity index (χ0n) is 10.2. The Morgan fingerprint density at radius 3 is 2.37 bits per heavy atom. The van der Waals surface area contributed by atoms with Crippen LogP contribution in [0.1, 0.15) is 10.4 Å². The minimum absolute atomic E-state index is 0.449. The summed E-state index contributed by atoms with van der Waals surface area (Å²) in [4.78, 5) is 15.9. The quantitative estimate of drug-likeness (QED) is 0.758. The molecule has 2 N–H and O–H groups in total. The van der Waals surface area contributed by atoms with Crippen LogP contribution in [0.2, 0.25) is 0 Å². The third-order valence-electron chi connectivity index (χ3n) is 3.10. The van der Waals surface area contributed by atoms with Crippen molar-refractivity contribution in [2.24, 2.45) is 5.73 Å². The largest absolute Gasteiger partial charge is 0.366 e. The summed E-state index contributed by atoms with van der Waals surface area (Å²) in [5.41, 5.74) is 8.58. The number of nitrogens with zero attached hydrogens (tertiary/aromatic N) is 1. The Bertz CT molecular complexity index is 751. The molecular weight excluding hydrogens is 236 g/mol. The zero-order chi connectivity index (χ0) is 13.2. The fourth-order valence-electron chi connectivity index (χ4n) is 2.24. The lowest BCUT2D eigenvalue weighted by molar-refractivity contribution is 0.100. The minimum Gasteiger partial charge on any atom is -0.366 e. The van der Waals surface area contributed by atoms with Crippen molar-refractivity contribution < 1.29 is 4.79 Å². The molecule has 0 atom stereocenters. The van der Waals surface area contributed by atoms with E-state index in [0.29, 0.717) is 5.56 Å². The number of amides is 1. The van der Waals surface area contributed by atoms with Crippen LogP contribution < -0.4 is 5.73 Å². The molecule has 0 aliphatic carbocycles. The first-order valence-electron chi connectivity index (χ1n) is 6.00. The van der Waals surface area contributed by atoms with E-state index in [4.69, 9.17) is 5.73 Å². The number of carbonyl (C=O) groups is 1. The monoisotopic (exact) mass is 248 g/mol. The molecule has 3 nitrogen and oxygen atoms in total. The molecule has 0 aliphatic rings. The normalized spacial score (nSPS) is 10.5. The van der Waals surface area contributed by atoms with Gasteiger partial charge in [0.2, 0.25) is 0 Å². The van der Waals surface area contributed by atoms with E-state index in [-0.39, 0.29) is 0 Å². The van der Waals surface area contributed by atoms with Crippen LogP contribution in [0.3, 0.4) is 0 Å². The minimum atomic E-state index is -0.461. The van der Waals surface area contributed by atoms with E-state index in [0.717, 1.165) is 22.0 Å². The number of rotatable bonds is 2. The van der Waals surface area contributed by atoms with Gasteiger partial charge in [0.15, 0.2) is 0 Å². The van der Waals surface area contributed by atoms with Gasteiger partial charge in [-0.25, -0.2) is 0 Å². The van der Waals surface area contributed by atoms with Gasteiger partial charge >= 0.3 is 0 Å². The number of aromatic nitrogens is 1. The lowest BCUT2D eigenvalue weighted by atomic mass is 9.96. The van der Waals surface area contributed by atoms with Crippen molar-refractivity contribution in [1.29, 1.82) is 0 Å². The molecule has 0 saturated carbocycles. The van der Waals surface area contributed by atoms with E-state index < -0.39 is 5.91 Å². The summed E-state index contributed by atoms with van der Waals surface area (Å²) in [5.74, 6) is -0.461. The van der Waals surface area contributed by atoms with Crippen molar-refractivity contribution in [1.82, 2.24) is 4.98 Å². The highest BCUT2D eigenvalue weighted by molar-refractivity contribution is 6.08. The highest BCUT2D eigenvalue weighted by atomic mass is 16.1. The molecule has 3 rings (SSSR count). The smallest absolute Gasteiger partial charge is 0.250 e. The summed E-state index contributed by atoms with van der Waals surface area (Å²) in [6.45, 7) is 0. The molecule has 0 bridgehead atoms. The first kappa shape index (κ1) is 11.4. The van der Waals surface area contributed by atoms with Crippen LogP contribution in [0.15, 0.2) is 60.8 Å². The van der Waals surface area contributed by atoms with Gasteiger partial charge in [0, 0.05) is 17.1 Å². The van der Waals surface area contributed by atoms with Gasteiger partial charge in [0.25, 0.3) is 5.91 Å². The summed E-state index contributed by atoms with van der Waals surface area (Å²) in [6, 6.07) is 17.5. The van der Waals surface area contributed by atoms with Crippen LogP contribution in [0.25, 0.3) is 22.0 Å². The third-order valence-corrected chi connectivity index (χ3v) is 3.10. The van der Waals surface area contributed by atoms with E-state index in [9.17, 15) is 4.79 Å². The van der Waals surface area contributed by atoms with Crippen LogP contribution in [0.5, 0.6) is 0 Å². The Balaban J connectivity index is 2.42.